The van der Waals surface area contributed by atoms with Crippen molar-refractivity contribution in [1.82, 2.24) is 0 Å². The molecule has 3 N–H and O–H groups in total. The summed E-state index contributed by atoms with van der Waals surface area (Å²) >= 11 is 11.8. The first kappa shape index (κ1) is 23.2. The molecule has 0 radical (unpaired) electrons. The van der Waals surface area contributed by atoms with Crippen molar-refractivity contribution in [2.45, 2.75) is 19.8 Å². The van der Waals surface area contributed by atoms with E-state index < -0.39 is 24.4 Å². The molecule has 0 aliphatic heterocycles. The zero-order valence-corrected chi connectivity index (χ0v) is 17.5. The van der Waals surface area contributed by atoms with Crippen LogP contribution in [-0.2, 0) is 23.9 Å². The predicted molar refractivity (Wildman–Crippen MR) is 115 cm³/mol. The number of carbonyl (C=O) groups excluding carboxylic acids is 4. The number of carbonyl (C=O) groups is 4. The first-order valence-corrected chi connectivity index (χ1v) is 9.57. The number of benzene rings is 2. The molecule has 0 saturated carbocycles. The Hall–Kier alpha value is -3.10. The zero-order valence-electron chi connectivity index (χ0n) is 16.0. The van der Waals surface area contributed by atoms with Crippen molar-refractivity contribution in [3.8, 4) is 0 Å². The number of amides is 3. The summed E-state index contributed by atoms with van der Waals surface area (Å²) in [5.74, 6) is -1.88. The highest BCUT2D eigenvalue weighted by Gasteiger charge is 2.13. The van der Waals surface area contributed by atoms with Crippen molar-refractivity contribution >= 4 is 64.0 Å². The van der Waals surface area contributed by atoms with Gasteiger partial charge in [0, 0.05) is 24.7 Å². The van der Waals surface area contributed by atoms with Crippen LogP contribution in [0, 0.1) is 0 Å². The summed E-state index contributed by atoms with van der Waals surface area (Å²) in [5, 5.41) is 8.17. The summed E-state index contributed by atoms with van der Waals surface area (Å²) in [5.41, 5.74) is 1.41. The number of rotatable bonds is 8. The van der Waals surface area contributed by atoms with Gasteiger partial charge in [0.2, 0.25) is 11.8 Å². The first-order valence-electron chi connectivity index (χ1n) is 8.81. The van der Waals surface area contributed by atoms with Crippen LogP contribution in [0.2, 0.25) is 10.0 Å². The summed E-state index contributed by atoms with van der Waals surface area (Å²) in [6, 6.07) is 11.2. The molecule has 0 aromatic heterocycles. The quantitative estimate of drug-likeness (QED) is 0.527. The van der Waals surface area contributed by atoms with Gasteiger partial charge in [-0.2, -0.15) is 0 Å². The van der Waals surface area contributed by atoms with E-state index in [1.165, 1.54) is 6.92 Å². The lowest BCUT2D eigenvalue weighted by Gasteiger charge is -2.09. The van der Waals surface area contributed by atoms with Crippen LogP contribution < -0.4 is 16.0 Å². The molecule has 0 unspecified atom stereocenters. The van der Waals surface area contributed by atoms with E-state index in [-0.39, 0.29) is 28.8 Å². The SMILES string of the molecule is CC(=O)Nc1ccc(NC(=O)CCC(=O)OCC(=O)Nc2cccc(Cl)c2Cl)cc1. The lowest BCUT2D eigenvalue weighted by molar-refractivity contribution is -0.147. The van der Waals surface area contributed by atoms with E-state index in [1.807, 2.05) is 0 Å². The van der Waals surface area contributed by atoms with Gasteiger partial charge in [-0.05, 0) is 36.4 Å². The summed E-state index contributed by atoms with van der Waals surface area (Å²) in [6.45, 7) is 0.874. The Labute approximate surface area is 182 Å². The monoisotopic (exact) mass is 451 g/mol. The van der Waals surface area contributed by atoms with Crippen LogP contribution in [0.5, 0.6) is 0 Å². The van der Waals surface area contributed by atoms with Gasteiger partial charge >= 0.3 is 5.97 Å². The number of halogens is 2. The molecule has 30 heavy (non-hydrogen) atoms. The minimum atomic E-state index is -0.696. The van der Waals surface area contributed by atoms with Crippen molar-refractivity contribution in [1.29, 1.82) is 0 Å². The molecular formula is C20H19Cl2N3O5. The molecule has 0 fully saturated rings. The van der Waals surface area contributed by atoms with E-state index in [1.54, 1.807) is 42.5 Å². The summed E-state index contributed by atoms with van der Waals surface area (Å²) < 4.78 is 4.85. The molecule has 10 heteroatoms. The average Bonchev–Trinajstić information content (AvgIpc) is 2.69. The third kappa shape index (κ3) is 7.73. The van der Waals surface area contributed by atoms with Crippen LogP contribution in [0.3, 0.4) is 0 Å². The van der Waals surface area contributed by atoms with Gasteiger partial charge in [-0.1, -0.05) is 29.3 Å². The van der Waals surface area contributed by atoms with E-state index in [2.05, 4.69) is 16.0 Å². The van der Waals surface area contributed by atoms with Crippen LogP contribution in [0.25, 0.3) is 0 Å². The van der Waals surface area contributed by atoms with Crippen LogP contribution >= 0.6 is 23.2 Å². The van der Waals surface area contributed by atoms with Gasteiger partial charge in [-0.25, -0.2) is 0 Å². The molecule has 0 heterocycles. The molecule has 2 aromatic carbocycles. The second kappa shape index (κ2) is 11.2. The Balaban J connectivity index is 1.71. The first-order chi connectivity index (χ1) is 14.2. The molecule has 0 bridgehead atoms. The van der Waals surface area contributed by atoms with Crippen molar-refractivity contribution in [2.24, 2.45) is 0 Å². The molecule has 2 aromatic rings. The fraction of sp³-hybridized carbons (Fsp3) is 0.200. The number of nitrogens with one attached hydrogen (secondary N) is 3. The Morgan fingerprint density at radius 1 is 0.833 bits per heavy atom. The number of hydrogen-bond acceptors (Lipinski definition) is 5. The van der Waals surface area contributed by atoms with E-state index in [0.717, 1.165) is 0 Å². The van der Waals surface area contributed by atoms with Gasteiger partial charge < -0.3 is 20.7 Å². The molecule has 0 saturated heterocycles. The standard InChI is InChI=1S/C20H19Cl2N3O5/c1-12(26)23-13-5-7-14(8-6-13)24-17(27)9-10-19(29)30-11-18(28)25-16-4-2-3-15(21)20(16)22/h2-8H,9-11H2,1H3,(H,23,26)(H,24,27)(H,25,28). The van der Waals surface area contributed by atoms with Crippen molar-refractivity contribution in [3.05, 3.63) is 52.5 Å². The molecule has 0 aliphatic carbocycles. The smallest absolute Gasteiger partial charge is 0.306 e. The Kier molecular flexibility index (Phi) is 8.64. The van der Waals surface area contributed by atoms with Crippen LogP contribution in [-0.4, -0.2) is 30.3 Å². The largest absolute Gasteiger partial charge is 0.456 e. The topological polar surface area (TPSA) is 114 Å². The maximum Gasteiger partial charge on any atom is 0.306 e. The van der Waals surface area contributed by atoms with Gasteiger partial charge in [0.05, 0.1) is 22.2 Å². The minimum Gasteiger partial charge on any atom is -0.456 e. The molecule has 8 nitrogen and oxygen atoms in total. The van der Waals surface area contributed by atoms with Gasteiger partial charge in [-0.3, -0.25) is 19.2 Å². The third-order valence-electron chi connectivity index (χ3n) is 3.64. The minimum absolute atomic E-state index is 0.117. The summed E-state index contributed by atoms with van der Waals surface area (Å²) in [6.07, 6.45) is -0.310. The number of esters is 1. The summed E-state index contributed by atoms with van der Waals surface area (Å²) in [7, 11) is 0. The predicted octanol–water partition coefficient (Wildman–Crippen LogP) is 3.85. The second-order valence-electron chi connectivity index (χ2n) is 6.12. The molecule has 2 rings (SSSR count). The zero-order chi connectivity index (χ0) is 22.1. The molecule has 3 amide bonds. The van der Waals surface area contributed by atoms with Crippen LogP contribution in [0.1, 0.15) is 19.8 Å². The van der Waals surface area contributed by atoms with Crippen molar-refractivity contribution in [2.75, 3.05) is 22.6 Å². The average molecular weight is 452 g/mol. The number of hydrogen-bond donors (Lipinski definition) is 3. The maximum absolute atomic E-state index is 11.9. The molecule has 0 aliphatic rings. The highest BCUT2D eigenvalue weighted by Crippen LogP contribution is 2.29. The van der Waals surface area contributed by atoms with Gasteiger partial charge in [-0.15, -0.1) is 0 Å². The van der Waals surface area contributed by atoms with Gasteiger partial charge in [0.1, 0.15) is 0 Å². The lowest BCUT2D eigenvalue weighted by Crippen LogP contribution is -2.22. The van der Waals surface area contributed by atoms with E-state index >= 15 is 0 Å². The van der Waals surface area contributed by atoms with Crippen LogP contribution in [0.15, 0.2) is 42.5 Å². The van der Waals surface area contributed by atoms with Crippen molar-refractivity contribution in [3.63, 3.8) is 0 Å². The second-order valence-corrected chi connectivity index (χ2v) is 6.90. The normalized spacial score (nSPS) is 10.1. The Morgan fingerprint density at radius 2 is 1.47 bits per heavy atom. The van der Waals surface area contributed by atoms with Crippen molar-refractivity contribution < 1.29 is 23.9 Å². The lowest BCUT2D eigenvalue weighted by atomic mass is 10.2. The van der Waals surface area contributed by atoms with E-state index in [4.69, 9.17) is 27.9 Å². The van der Waals surface area contributed by atoms with E-state index in [0.29, 0.717) is 17.1 Å². The Bertz CT molecular complexity index is 948. The van der Waals surface area contributed by atoms with Gasteiger partial charge in [0.15, 0.2) is 6.61 Å². The van der Waals surface area contributed by atoms with E-state index in [9.17, 15) is 19.2 Å². The summed E-state index contributed by atoms with van der Waals surface area (Å²) in [4.78, 5) is 46.5. The molecule has 0 atom stereocenters. The Morgan fingerprint density at radius 3 is 2.10 bits per heavy atom. The third-order valence-corrected chi connectivity index (χ3v) is 4.45. The molecule has 158 valence electrons. The fourth-order valence-electron chi connectivity index (χ4n) is 2.28. The van der Waals surface area contributed by atoms with Crippen LogP contribution in [0.4, 0.5) is 17.1 Å². The number of ether oxygens (including phenoxy) is 1. The highest BCUT2D eigenvalue weighted by molar-refractivity contribution is 6.44. The number of anilines is 3. The fourth-order valence-corrected chi connectivity index (χ4v) is 2.63. The molecular weight excluding hydrogens is 433 g/mol. The highest BCUT2D eigenvalue weighted by atomic mass is 35.5. The maximum atomic E-state index is 11.9. The molecule has 0 spiro atoms. The van der Waals surface area contributed by atoms with Gasteiger partial charge in [0.25, 0.3) is 5.91 Å².